The van der Waals surface area contributed by atoms with Crippen molar-refractivity contribution in [2.24, 2.45) is 0 Å². The first kappa shape index (κ1) is 22.6. The van der Waals surface area contributed by atoms with E-state index in [4.69, 9.17) is 5.11 Å². The monoisotopic (exact) mass is 463 g/mol. The fourth-order valence-electron chi connectivity index (χ4n) is 3.88. The van der Waals surface area contributed by atoms with E-state index in [1.165, 1.54) is 18.3 Å². The molecule has 0 aliphatic carbocycles. The largest absolute Gasteiger partial charge is 0.481 e. The van der Waals surface area contributed by atoms with Crippen molar-refractivity contribution in [3.05, 3.63) is 59.8 Å². The van der Waals surface area contributed by atoms with E-state index in [-0.39, 0.29) is 23.9 Å². The van der Waals surface area contributed by atoms with Gasteiger partial charge in [-0.2, -0.15) is 13.2 Å². The minimum absolute atomic E-state index is 0.0271. The van der Waals surface area contributed by atoms with Crippen molar-refractivity contribution in [3.63, 3.8) is 0 Å². The molecule has 1 atom stereocenters. The maximum Gasteiger partial charge on any atom is 0.434 e. The number of benzene rings is 1. The van der Waals surface area contributed by atoms with Crippen molar-refractivity contribution >= 4 is 17.5 Å². The Kier molecular flexibility index (Phi) is 5.96. The molecule has 0 unspecified atom stereocenters. The minimum atomic E-state index is -4.52. The highest BCUT2D eigenvalue weighted by atomic mass is 19.4. The molecule has 0 radical (unpaired) electrons. The summed E-state index contributed by atoms with van der Waals surface area (Å²) in [5, 5.41) is 8.86. The molecule has 7 nitrogen and oxygen atoms in total. The van der Waals surface area contributed by atoms with E-state index in [9.17, 15) is 22.4 Å². The first-order valence-corrected chi connectivity index (χ1v) is 10.2. The quantitative estimate of drug-likeness (QED) is 0.557. The number of alkyl halides is 3. The van der Waals surface area contributed by atoms with Gasteiger partial charge in [-0.15, -0.1) is 0 Å². The second-order valence-electron chi connectivity index (χ2n) is 7.87. The van der Waals surface area contributed by atoms with Gasteiger partial charge in [-0.05, 0) is 36.8 Å². The SMILES string of the molecule is C[C@H]1CN(c2ccc(CC(=O)O)c(F)c2)CCN1c1ccc(-c2nc(C(F)(F)F)c[nH]2)cn1. The molecular formula is C22H21F4N5O2. The van der Waals surface area contributed by atoms with Gasteiger partial charge < -0.3 is 19.9 Å². The number of carbonyl (C=O) groups is 1. The number of aromatic nitrogens is 3. The molecule has 1 saturated heterocycles. The third-order valence-corrected chi connectivity index (χ3v) is 5.55. The summed E-state index contributed by atoms with van der Waals surface area (Å²) < 4.78 is 52.5. The van der Waals surface area contributed by atoms with Crippen LogP contribution in [-0.4, -0.2) is 51.7 Å². The molecule has 4 rings (SSSR count). The van der Waals surface area contributed by atoms with E-state index < -0.39 is 23.7 Å². The van der Waals surface area contributed by atoms with Gasteiger partial charge in [0.05, 0.1) is 6.42 Å². The topological polar surface area (TPSA) is 85.4 Å². The van der Waals surface area contributed by atoms with Crippen LogP contribution in [0.3, 0.4) is 0 Å². The zero-order valence-electron chi connectivity index (χ0n) is 17.6. The van der Waals surface area contributed by atoms with Gasteiger partial charge in [0, 0.05) is 49.3 Å². The lowest BCUT2D eigenvalue weighted by Crippen LogP contribution is -2.52. The summed E-state index contributed by atoms with van der Waals surface area (Å²) in [4.78, 5) is 25.4. The van der Waals surface area contributed by atoms with Gasteiger partial charge in [0.15, 0.2) is 5.69 Å². The van der Waals surface area contributed by atoms with E-state index >= 15 is 0 Å². The second-order valence-corrected chi connectivity index (χ2v) is 7.87. The van der Waals surface area contributed by atoms with E-state index in [1.807, 2.05) is 11.8 Å². The standard InChI is InChI=1S/C22H21F4N5O2/c1-13-12-30(16-4-2-14(8-20(32)33)17(23)9-16)6-7-31(13)19-5-3-15(10-27-19)21-28-11-18(29-21)22(24,25)26/h2-5,9-11,13H,6-8,12H2,1H3,(H,28,29)(H,32,33)/t13-/m0/s1. The smallest absolute Gasteiger partial charge is 0.434 e. The number of carboxylic acids is 1. The number of nitrogens with zero attached hydrogens (tertiary/aromatic N) is 4. The fourth-order valence-corrected chi connectivity index (χ4v) is 3.88. The van der Waals surface area contributed by atoms with E-state index in [1.54, 1.807) is 18.2 Å². The van der Waals surface area contributed by atoms with Crippen LogP contribution in [0, 0.1) is 5.82 Å². The number of nitrogens with one attached hydrogen (secondary N) is 1. The Morgan fingerprint density at radius 2 is 2.03 bits per heavy atom. The Balaban J connectivity index is 1.43. The van der Waals surface area contributed by atoms with E-state index in [0.29, 0.717) is 36.7 Å². The predicted molar refractivity (Wildman–Crippen MR) is 114 cm³/mol. The molecule has 1 aliphatic heterocycles. The number of halogens is 4. The van der Waals surface area contributed by atoms with Crippen LogP contribution in [0.15, 0.2) is 42.7 Å². The number of pyridine rings is 1. The Labute approximate surface area is 186 Å². The highest BCUT2D eigenvalue weighted by Gasteiger charge is 2.34. The van der Waals surface area contributed by atoms with Crippen molar-refractivity contribution in [3.8, 4) is 11.4 Å². The van der Waals surface area contributed by atoms with Gasteiger partial charge in [0.2, 0.25) is 0 Å². The first-order valence-electron chi connectivity index (χ1n) is 10.2. The Morgan fingerprint density at radius 1 is 1.24 bits per heavy atom. The third-order valence-electron chi connectivity index (χ3n) is 5.55. The molecule has 1 fully saturated rings. The molecule has 1 aromatic carbocycles. The molecule has 1 aliphatic rings. The number of piperazine rings is 1. The predicted octanol–water partition coefficient (Wildman–Crippen LogP) is 3.97. The summed E-state index contributed by atoms with van der Waals surface area (Å²) in [6, 6.07) is 7.99. The number of hydrogen-bond acceptors (Lipinski definition) is 5. The summed E-state index contributed by atoms with van der Waals surface area (Å²) in [5.74, 6) is -0.867. The number of aliphatic carboxylic acids is 1. The number of anilines is 2. The minimum Gasteiger partial charge on any atom is -0.481 e. The van der Waals surface area contributed by atoms with Gasteiger partial charge >= 0.3 is 12.1 Å². The normalized spacial score (nSPS) is 16.8. The van der Waals surface area contributed by atoms with Crippen molar-refractivity contribution in [2.75, 3.05) is 29.4 Å². The Bertz CT molecular complexity index is 1150. The average molecular weight is 463 g/mol. The zero-order valence-corrected chi connectivity index (χ0v) is 17.6. The number of H-pyrrole nitrogens is 1. The summed E-state index contributed by atoms with van der Waals surface area (Å²) in [6.45, 7) is 3.79. The number of imidazole rings is 1. The van der Waals surface area contributed by atoms with E-state index in [2.05, 4.69) is 19.9 Å². The van der Waals surface area contributed by atoms with Gasteiger partial charge in [0.25, 0.3) is 0 Å². The number of rotatable bonds is 5. The van der Waals surface area contributed by atoms with Crippen LogP contribution in [0.5, 0.6) is 0 Å². The highest BCUT2D eigenvalue weighted by Crippen LogP contribution is 2.30. The van der Waals surface area contributed by atoms with Gasteiger partial charge in [0.1, 0.15) is 17.5 Å². The lowest BCUT2D eigenvalue weighted by Gasteiger charge is -2.41. The van der Waals surface area contributed by atoms with Crippen molar-refractivity contribution in [1.29, 1.82) is 0 Å². The van der Waals surface area contributed by atoms with Crippen LogP contribution in [0.2, 0.25) is 0 Å². The van der Waals surface area contributed by atoms with Crippen LogP contribution in [-0.2, 0) is 17.4 Å². The molecule has 174 valence electrons. The molecular weight excluding hydrogens is 442 g/mol. The molecule has 0 spiro atoms. The molecule has 3 aromatic rings. The number of hydrogen-bond donors (Lipinski definition) is 2. The van der Waals surface area contributed by atoms with Crippen molar-refractivity contribution in [1.82, 2.24) is 15.0 Å². The molecule has 0 bridgehead atoms. The summed E-state index contributed by atoms with van der Waals surface area (Å²) >= 11 is 0. The van der Waals surface area contributed by atoms with Crippen molar-refractivity contribution in [2.45, 2.75) is 25.6 Å². The van der Waals surface area contributed by atoms with Crippen LogP contribution >= 0.6 is 0 Å². The van der Waals surface area contributed by atoms with Crippen LogP contribution in [0.4, 0.5) is 29.1 Å². The maximum atomic E-state index is 14.3. The molecule has 33 heavy (non-hydrogen) atoms. The molecule has 2 N–H and O–H groups in total. The highest BCUT2D eigenvalue weighted by molar-refractivity contribution is 5.70. The summed E-state index contributed by atoms with van der Waals surface area (Å²) in [7, 11) is 0. The molecule has 0 saturated carbocycles. The van der Waals surface area contributed by atoms with Crippen LogP contribution < -0.4 is 9.80 Å². The Morgan fingerprint density at radius 3 is 2.61 bits per heavy atom. The van der Waals surface area contributed by atoms with Crippen LogP contribution in [0.25, 0.3) is 11.4 Å². The van der Waals surface area contributed by atoms with Gasteiger partial charge in [-0.3, -0.25) is 4.79 Å². The summed E-state index contributed by atoms with van der Waals surface area (Å²) in [5.41, 5.74) is 0.270. The van der Waals surface area contributed by atoms with Gasteiger partial charge in [-0.1, -0.05) is 6.07 Å². The maximum absolute atomic E-state index is 14.3. The van der Waals surface area contributed by atoms with E-state index in [0.717, 1.165) is 6.20 Å². The lowest BCUT2D eigenvalue weighted by molar-refractivity contribution is -0.141. The summed E-state index contributed by atoms with van der Waals surface area (Å²) in [6.07, 6.45) is -2.59. The first-order chi connectivity index (χ1) is 15.6. The average Bonchev–Trinajstić information content (AvgIpc) is 3.26. The molecule has 3 heterocycles. The number of carboxylic acid groups (broad SMARTS) is 1. The molecule has 11 heteroatoms. The molecule has 0 amide bonds. The zero-order chi connectivity index (χ0) is 23.8. The van der Waals surface area contributed by atoms with Crippen molar-refractivity contribution < 1.29 is 27.5 Å². The van der Waals surface area contributed by atoms with Crippen LogP contribution in [0.1, 0.15) is 18.2 Å². The lowest BCUT2D eigenvalue weighted by atomic mass is 10.1. The molecule has 2 aromatic heterocycles. The number of aromatic amines is 1. The second kappa shape index (κ2) is 8.72. The third kappa shape index (κ3) is 4.91. The van der Waals surface area contributed by atoms with Gasteiger partial charge in [-0.25, -0.2) is 14.4 Å². The fraction of sp³-hybridized carbons (Fsp3) is 0.318. The Hall–Kier alpha value is -3.63.